The third-order valence-electron chi connectivity index (χ3n) is 6.41. The number of nitrogens with one attached hydrogen (secondary N) is 2. The van der Waals surface area contributed by atoms with Crippen LogP contribution in [0, 0.1) is 12.3 Å². The first kappa shape index (κ1) is 30.0. The number of alkyl halides is 1. The van der Waals surface area contributed by atoms with Crippen LogP contribution in [0.25, 0.3) is 10.4 Å². The molecule has 1 fully saturated rings. The van der Waals surface area contributed by atoms with Gasteiger partial charge in [0.1, 0.15) is 12.1 Å². The van der Waals surface area contributed by atoms with Crippen molar-refractivity contribution in [2.45, 2.75) is 65.3 Å². The zero-order valence-corrected chi connectivity index (χ0v) is 23.9. The Morgan fingerprint density at radius 2 is 1.95 bits per heavy atom. The van der Waals surface area contributed by atoms with Crippen LogP contribution in [0.1, 0.15) is 44.9 Å². The predicted molar refractivity (Wildman–Crippen MR) is 148 cm³/mol. The van der Waals surface area contributed by atoms with E-state index in [-0.39, 0.29) is 44.4 Å². The molecule has 3 rings (SSSR count). The molecule has 1 aromatic carbocycles. The van der Waals surface area contributed by atoms with Gasteiger partial charge in [-0.25, -0.2) is 4.98 Å². The fraction of sp³-hybridized carbons (Fsp3) is 0.556. The van der Waals surface area contributed by atoms with E-state index >= 15 is 0 Å². The first-order valence-electron chi connectivity index (χ1n) is 12.7. The largest absolute Gasteiger partial charge is 0.391 e. The minimum Gasteiger partial charge on any atom is -0.391 e. The van der Waals surface area contributed by atoms with Crippen LogP contribution >= 0.6 is 22.9 Å². The monoisotopic (exact) mass is 564 g/mol. The van der Waals surface area contributed by atoms with Gasteiger partial charge in [0.15, 0.2) is 0 Å². The Balaban J connectivity index is 1.63. The average molecular weight is 565 g/mol. The van der Waals surface area contributed by atoms with Gasteiger partial charge in [0, 0.05) is 31.8 Å². The lowest BCUT2D eigenvalue weighted by Gasteiger charge is -2.35. The van der Waals surface area contributed by atoms with Crippen LogP contribution in [0.3, 0.4) is 0 Å². The van der Waals surface area contributed by atoms with E-state index in [2.05, 4.69) is 15.6 Å². The number of carbonyl (C=O) groups is 3. The van der Waals surface area contributed by atoms with Crippen molar-refractivity contribution >= 4 is 40.7 Å². The van der Waals surface area contributed by atoms with E-state index < -0.39 is 29.5 Å². The van der Waals surface area contributed by atoms with E-state index in [0.29, 0.717) is 12.5 Å². The van der Waals surface area contributed by atoms with E-state index in [4.69, 9.17) is 16.3 Å². The summed E-state index contributed by atoms with van der Waals surface area (Å²) in [6.07, 6.45) is -0.597. The molecule has 2 aromatic rings. The van der Waals surface area contributed by atoms with Gasteiger partial charge in [-0.2, -0.15) is 0 Å². The molecule has 3 atom stereocenters. The molecule has 3 amide bonds. The van der Waals surface area contributed by atoms with Gasteiger partial charge in [0.05, 0.1) is 35.4 Å². The van der Waals surface area contributed by atoms with Gasteiger partial charge in [-0.3, -0.25) is 14.4 Å². The fourth-order valence-corrected chi connectivity index (χ4v) is 5.26. The van der Waals surface area contributed by atoms with Crippen molar-refractivity contribution in [2.75, 3.05) is 25.6 Å². The molecule has 0 saturated carbocycles. The van der Waals surface area contributed by atoms with Crippen LogP contribution < -0.4 is 10.6 Å². The highest BCUT2D eigenvalue weighted by atomic mass is 35.5. The second kappa shape index (κ2) is 13.5. The molecular formula is C27H37ClN4O5S. The summed E-state index contributed by atoms with van der Waals surface area (Å²) in [6.45, 7) is 8.36. The molecule has 0 aliphatic carbocycles. The number of hydrogen-bond acceptors (Lipinski definition) is 7. The minimum atomic E-state index is -0.869. The van der Waals surface area contributed by atoms with Crippen molar-refractivity contribution in [2.24, 2.45) is 5.41 Å². The summed E-state index contributed by atoms with van der Waals surface area (Å²) in [5, 5.41) is 16.0. The number of β-amino-alcohol motifs (C(OH)–C–C–N with tert-alkyl or cyclic N) is 1. The van der Waals surface area contributed by atoms with E-state index in [1.807, 2.05) is 57.5 Å². The lowest BCUT2D eigenvalue weighted by atomic mass is 9.85. The number of hydrogen-bond donors (Lipinski definition) is 3. The molecule has 0 bridgehead atoms. The Bertz CT molecular complexity index is 1100. The highest BCUT2D eigenvalue weighted by Gasteiger charge is 2.44. The summed E-state index contributed by atoms with van der Waals surface area (Å²) in [7, 11) is 0. The first-order chi connectivity index (χ1) is 18.0. The maximum absolute atomic E-state index is 13.6. The van der Waals surface area contributed by atoms with Crippen LogP contribution in [-0.2, 0) is 25.7 Å². The molecule has 3 unspecified atom stereocenters. The fourth-order valence-electron chi connectivity index (χ4n) is 4.33. The number of aryl methyl sites for hydroxylation is 1. The molecule has 1 aliphatic rings. The number of benzene rings is 1. The summed E-state index contributed by atoms with van der Waals surface area (Å²) in [5.41, 5.74) is 4.16. The lowest BCUT2D eigenvalue weighted by molar-refractivity contribution is -0.144. The maximum Gasteiger partial charge on any atom is 0.246 e. The highest BCUT2D eigenvalue weighted by Crippen LogP contribution is 2.28. The average Bonchev–Trinajstić information content (AvgIpc) is 3.48. The Morgan fingerprint density at radius 3 is 2.55 bits per heavy atom. The second-order valence-corrected chi connectivity index (χ2v) is 11.7. The van der Waals surface area contributed by atoms with Crippen LogP contribution in [0.15, 0.2) is 29.8 Å². The standard InChI is InChI=1S/C27H37ClN4O5S/c1-17-23(38-16-30-17)19-7-5-18(6-8-19)14-29-25(35)21-13-20(33)15-32(21)26(36)24(27(2,3)4)31-22(34)9-11-37-12-10-28/h5-8,16,20-21,24,33H,9-15H2,1-4H3,(H,29,35)(H,31,34). The topological polar surface area (TPSA) is 121 Å². The zero-order chi connectivity index (χ0) is 27.9. The molecule has 1 aromatic heterocycles. The number of ether oxygens (including phenoxy) is 1. The molecule has 2 heterocycles. The molecule has 38 heavy (non-hydrogen) atoms. The zero-order valence-electron chi connectivity index (χ0n) is 22.3. The molecular weight excluding hydrogens is 528 g/mol. The SMILES string of the molecule is Cc1ncsc1-c1ccc(CNC(=O)C2CC(O)CN2C(=O)C(NC(=O)CCOCCCl)C(C)(C)C)cc1. The number of halogens is 1. The number of thiazole rings is 1. The Kier molecular flexibility index (Phi) is 10.7. The molecule has 208 valence electrons. The molecule has 0 spiro atoms. The number of likely N-dealkylation sites (tertiary alicyclic amines) is 1. The molecule has 9 nitrogen and oxygen atoms in total. The van der Waals surface area contributed by atoms with Gasteiger partial charge in [0.25, 0.3) is 0 Å². The van der Waals surface area contributed by atoms with Crippen molar-refractivity contribution in [3.63, 3.8) is 0 Å². The number of rotatable bonds is 11. The van der Waals surface area contributed by atoms with Gasteiger partial charge in [-0.15, -0.1) is 22.9 Å². The highest BCUT2D eigenvalue weighted by molar-refractivity contribution is 7.13. The van der Waals surface area contributed by atoms with Crippen molar-refractivity contribution in [1.29, 1.82) is 0 Å². The van der Waals surface area contributed by atoms with Gasteiger partial charge < -0.3 is 25.4 Å². The van der Waals surface area contributed by atoms with Crippen LogP contribution in [0.5, 0.6) is 0 Å². The van der Waals surface area contributed by atoms with Crippen LogP contribution in [0.2, 0.25) is 0 Å². The number of carbonyl (C=O) groups excluding carboxylic acids is 3. The Morgan fingerprint density at radius 1 is 1.24 bits per heavy atom. The Labute approximate surface area is 232 Å². The number of aliphatic hydroxyl groups is 1. The summed E-state index contributed by atoms with van der Waals surface area (Å²) in [5.74, 6) is -0.728. The number of aliphatic hydroxyl groups excluding tert-OH is 1. The second-order valence-electron chi connectivity index (χ2n) is 10.5. The van der Waals surface area contributed by atoms with E-state index in [9.17, 15) is 19.5 Å². The molecule has 11 heteroatoms. The quantitative estimate of drug-likeness (QED) is 0.285. The third-order valence-corrected chi connectivity index (χ3v) is 7.54. The number of aromatic nitrogens is 1. The molecule has 1 saturated heterocycles. The summed E-state index contributed by atoms with van der Waals surface area (Å²) >= 11 is 7.16. The predicted octanol–water partition coefficient (Wildman–Crippen LogP) is 2.87. The van der Waals surface area contributed by atoms with Crippen LogP contribution in [-0.4, -0.2) is 76.5 Å². The number of amides is 3. The minimum absolute atomic E-state index is 0.0289. The summed E-state index contributed by atoms with van der Waals surface area (Å²) in [4.78, 5) is 46.0. The van der Waals surface area contributed by atoms with E-state index in [0.717, 1.165) is 21.7 Å². The van der Waals surface area contributed by atoms with Crippen molar-refractivity contribution in [3.8, 4) is 10.4 Å². The van der Waals surface area contributed by atoms with Gasteiger partial charge in [0.2, 0.25) is 17.7 Å². The van der Waals surface area contributed by atoms with E-state index in [1.54, 1.807) is 11.3 Å². The maximum atomic E-state index is 13.6. The Hall–Kier alpha value is -2.53. The van der Waals surface area contributed by atoms with Gasteiger partial charge >= 0.3 is 0 Å². The van der Waals surface area contributed by atoms with Crippen molar-refractivity contribution in [3.05, 3.63) is 41.0 Å². The van der Waals surface area contributed by atoms with Crippen molar-refractivity contribution in [1.82, 2.24) is 20.5 Å². The van der Waals surface area contributed by atoms with E-state index in [1.165, 1.54) is 4.90 Å². The van der Waals surface area contributed by atoms with Crippen molar-refractivity contribution < 1.29 is 24.2 Å². The number of nitrogens with zero attached hydrogens (tertiary/aromatic N) is 2. The normalized spacial score (nSPS) is 18.3. The van der Waals surface area contributed by atoms with Gasteiger partial charge in [-0.1, -0.05) is 45.0 Å². The smallest absolute Gasteiger partial charge is 0.246 e. The van der Waals surface area contributed by atoms with Gasteiger partial charge in [-0.05, 0) is 23.5 Å². The first-order valence-corrected chi connectivity index (χ1v) is 14.1. The molecule has 1 aliphatic heterocycles. The molecule has 3 N–H and O–H groups in total. The third kappa shape index (κ3) is 7.99. The van der Waals surface area contributed by atoms with Crippen LogP contribution in [0.4, 0.5) is 0 Å². The molecule has 0 radical (unpaired) electrons. The summed E-state index contributed by atoms with van der Waals surface area (Å²) in [6, 6.07) is 6.19. The summed E-state index contributed by atoms with van der Waals surface area (Å²) < 4.78 is 5.26. The lowest BCUT2D eigenvalue weighted by Crippen LogP contribution is -2.57.